The van der Waals surface area contributed by atoms with Gasteiger partial charge in [0.25, 0.3) is 0 Å². The number of aryl methyl sites for hydroxylation is 1. The maximum Gasteiger partial charge on any atom is 0.231 e. The molecular formula is C18H23N7O. The number of carbonyl (C=O) groups excluding carboxylic acids is 1. The average molecular weight is 353 g/mol. The van der Waals surface area contributed by atoms with Crippen LogP contribution in [0.2, 0.25) is 0 Å². The van der Waals surface area contributed by atoms with Crippen LogP contribution in [-0.2, 0) is 24.9 Å². The van der Waals surface area contributed by atoms with Crippen LogP contribution >= 0.6 is 0 Å². The molecule has 0 bridgehead atoms. The number of benzene rings is 1. The summed E-state index contributed by atoms with van der Waals surface area (Å²) >= 11 is 0. The van der Waals surface area contributed by atoms with E-state index in [9.17, 15) is 4.79 Å². The predicted octanol–water partition coefficient (Wildman–Crippen LogP) is 1.11. The molecule has 2 N–H and O–H groups in total. The van der Waals surface area contributed by atoms with Crippen LogP contribution in [0.5, 0.6) is 0 Å². The molecule has 1 aromatic carbocycles. The topological polar surface area (TPSA) is 94.9 Å². The van der Waals surface area contributed by atoms with Gasteiger partial charge in [-0.05, 0) is 18.6 Å². The van der Waals surface area contributed by atoms with Crippen molar-refractivity contribution in [3.05, 3.63) is 65.7 Å². The van der Waals surface area contributed by atoms with E-state index in [1.807, 2.05) is 54.5 Å². The Labute approximate surface area is 152 Å². The number of primary amides is 1. The van der Waals surface area contributed by atoms with E-state index in [1.165, 1.54) is 0 Å². The standard InChI is InChI=1S/C18H23N7O/c1-14(15-6-4-3-5-7-15)24(13-18(19)26)10-16-11-25(22-21-16)12-17-8-9-20-23(17)2/h3-9,11,14H,10,12-13H2,1-2H3,(H2,19,26)/t14-/m1/s1. The number of hydrogen-bond acceptors (Lipinski definition) is 5. The van der Waals surface area contributed by atoms with Crippen molar-refractivity contribution in [1.82, 2.24) is 29.7 Å². The first-order valence-electron chi connectivity index (χ1n) is 8.46. The number of nitrogens with two attached hydrogens (primary N) is 1. The van der Waals surface area contributed by atoms with E-state index in [2.05, 4.69) is 22.3 Å². The summed E-state index contributed by atoms with van der Waals surface area (Å²) in [6.45, 7) is 3.29. The molecule has 0 saturated heterocycles. The second kappa shape index (κ2) is 7.92. The highest BCUT2D eigenvalue weighted by Crippen LogP contribution is 2.21. The Balaban J connectivity index is 1.73. The molecule has 8 heteroatoms. The van der Waals surface area contributed by atoms with Crippen molar-refractivity contribution in [2.75, 3.05) is 6.54 Å². The van der Waals surface area contributed by atoms with Gasteiger partial charge in [-0.1, -0.05) is 35.5 Å². The normalized spacial score (nSPS) is 12.4. The minimum Gasteiger partial charge on any atom is -0.369 e. The Hall–Kier alpha value is -3.00. The molecule has 0 saturated carbocycles. The first-order chi connectivity index (χ1) is 12.5. The average Bonchev–Trinajstić information content (AvgIpc) is 3.24. The lowest BCUT2D eigenvalue weighted by molar-refractivity contribution is -0.119. The third kappa shape index (κ3) is 4.34. The fraction of sp³-hybridized carbons (Fsp3) is 0.333. The molecule has 0 spiro atoms. The van der Waals surface area contributed by atoms with Gasteiger partial charge >= 0.3 is 0 Å². The van der Waals surface area contributed by atoms with Gasteiger partial charge in [0, 0.05) is 25.8 Å². The van der Waals surface area contributed by atoms with Gasteiger partial charge in [0.2, 0.25) is 5.91 Å². The third-order valence-electron chi connectivity index (χ3n) is 4.39. The van der Waals surface area contributed by atoms with Crippen LogP contribution in [0.25, 0.3) is 0 Å². The lowest BCUT2D eigenvalue weighted by atomic mass is 10.1. The maximum absolute atomic E-state index is 11.5. The molecular weight excluding hydrogens is 330 g/mol. The lowest BCUT2D eigenvalue weighted by Crippen LogP contribution is -2.35. The van der Waals surface area contributed by atoms with E-state index >= 15 is 0 Å². The van der Waals surface area contributed by atoms with Gasteiger partial charge in [0.15, 0.2) is 0 Å². The van der Waals surface area contributed by atoms with Gasteiger partial charge in [0.1, 0.15) is 0 Å². The molecule has 3 rings (SSSR count). The van der Waals surface area contributed by atoms with E-state index in [1.54, 1.807) is 15.6 Å². The lowest BCUT2D eigenvalue weighted by Gasteiger charge is -2.27. The van der Waals surface area contributed by atoms with Crippen LogP contribution in [0.4, 0.5) is 0 Å². The Bertz CT molecular complexity index is 855. The Morgan fingerprint density at radius 3 is 2.69 bits per heavy atom. The fourth-order valence-corrected chi connectivity index (χ4v) is 2.89. The summed E-state index contributed by atoms with van der Waals surface area (Å²) < 4.78 is 3.57. The summed E-state index contributed by atoms with van der Waals surface area (Å²) in [6.07, 6.45) is 3.64. The zero-order valence-corrected chi connectivity index (χ0v) is 15.0. The van der Waals surface area contributed by atoms with Gasteiger partial charge in [0.05, 0.1) is 30.7 Å². The highest BCUT2D eigenvalue weighted by Gasteiger charge is 2.19. The quantitative estimate of drug-likeness (QED) is 0.654. The fourth-order valence-electron chi connectivity index (χ4n) is 2.89. The van der Waals surface area contributed by atoms with Crippen molar-refractivity contribution < 1.29 is 4.79 Å². The van der Waals surface area contributed by atoms with Gasteiger partial charge in [-0.25, -0.2) is 4.68 Å². The molecule has 2 heterocycles. The molecule has 0 aliphatic carbocycles. The van der Waals surface area contributed by atoms with E-state index in [-0.39, 0.29) is 18.5 Å². The highest BCUT2D eigenvalue weighted by molar-refractivity contribution is 5.76. The van der Waals surface area contributed by atoms with Gasteiger partial charge in [-0.15, -0.1) is 5.10 Å². The zero-order chi connectivity index (χ0) is 18.5. The van der Waals surface area contributed by atoms with Crippen LogP contribution < -0.4 is 5.73 Å². The minimum absolute atomic E-state index is 0.0333. The Morgan fingerprint density at radius 1 is 1.27 bits per heavy atom. The van der Waals surface area contributed by atoms with Crippen molar-refractivity contribution in [2.45, 2.75) is 26.1 Å². The SMILES string of the molecule is C[C@H](c1ccccc1)N(CC(N)=O)Cc1cn(Cc2ccnn2C)nn1. The van der Waals surface area contributed by atoms with Crippen LogP contribution in [0.3, 0.4) is 0 Å². The van der Waals surface area contributed by atoms with Crippen molar-refractivity contribution in [3.8, 4) is 0 Å². The molecule has 3 aromatic rings. The zero-order valence-electron chi connectivity index (χ0n) is 15.0. The van der Waals surface area contributed by atoms with Crippen LogP contribution in [0, 0.1) is 0 Å². The number of hydrogen-bond donors (Lipinski definition) is 1. The van der Waals surface area contributed by atoms with Crippen molar-refractivity contribution in [2.24, 2.45) is 12.8 Å². The molecule has 136 valence electrons. The largest absolute Gasteiger partial charge is 0.369 e. The van der Waals surface area contributed by atoms with Crippen molar-refractivity contribution in [3.63, 3.8) is 0 Å². The molecule has 0 aliphatic rings. The summed E-state index contributed by atoms with van der Waals surface area (Å²) in [7, 11) is 1.89. The smallest absolute Gasteiger partial charge is 0.231 e. The molecule has 1 amide bonds. The molecule has 1 atom stereocenters. The highest BCUT2D eigenvalue weighted by atomic mass is 16.1. The minimum atomic E-state index is -0.366. The molecule has 0 fully saturated rings. The molecule has 0 unspecified atom stereocenters. The summed E-state index contributed by atoms with van der Waals surface area (Å²) in [4.78, 5) is 13.5. The Morgan fingerprint density at radius 2 is 2.04 bits per heavy atom. The van der Waals surface area contributed by atoms with Crippen molar-refractivity contribution in [1.29, 1.82) is 0 Å². The molecule has 0 radical (unpaired) electrons. The maximum atomic E-state index is 11.5. The number of aromatic nitrogens is 5. The van der Waals surface area contributed by atoms with Crippen LogP contribution in [0.1, 0.15) is 29.9 Å². The Kier molecular flexibility index (Phi) is 5.43. The molecule has 26 heavy (non-hydrogen) atoms. The van der Waals surface area contributed by atoms with Crippen molar-refractivity contribution >= 4 is 5.91 Å². The summed E-state index contributed by atoms with van der Waals surface area (Å²) in [6, 6.07) is 12.0. The van der Waals surface area contributed by atoms with E-state index < -0.39 is 0 Å². The molecule has 2 aromatic heterocycles. The van der Waals surface area contributed by atoms with Gasteiger partial charge < -0.3 is 5.73 Å². The molecule has 8 nitrogen and oxygen atoms in total. The second-order valence-corrected chi connectivity index (χ2v) is 6.31. The second-order valence-electron chi connectivity index (χ2n) is 6.31. The number of carbonyl (C=O) groups is 1. The molecule has 0 aliphatic heterocycles. The first kappa shape index (κ1) is 17.8. The number of amides is 1. The van der Waals surface area contributed by atoms with Crippen LogP contribution in [0.15, 0.2) is 48.8 Å². The van der Waals surface area contributed by atoms with Gasteiger partial charge in [-0.2, -0.15) is 5.10 Å². The summed E-state index contributed by atoms with van der Waals surface area (Å²) in [5.74, 6) is -0.366. The predicted molar refractivity (Wildman–Crippen MR) is 96.8 cm³/mol. The monoisotopic (exact) mass is 353 g/mol. The van der Waals surface area contributed by atoms with E-state index in [0.717, 1.165) is 17.0 Å². The number of rotatable bonds is 8. The number of nitrogens with zero attached hydrogens (tertiary/aromatic N) is 6. The summed E-state index contributed by atoms with van der Waals surface area (Å²) in [5.41, 5.74) is 8.39. The van der Waals surface area contributed by atoms with E-state index in [0.29, 0.717) is 13.1 Å². The van der Waals surface area contributed by atoms with Gasteiger partial charge in [-0.3, -0.25) is 14.4 Å². The first-order valence-corrected chi connectivity index (χ1v) is 8.46. The summed E-state index contributed by atoms with van der Waals surface area (Å²) in [5, 5.41) is 12.6. The third-order valence-corrected chi connectivity index (χ3v) is 4.39. The van der Waals surface area contributed by atoms with E-state index in [4.69, 9.17) is 5.73 Å². The van der Waals surface area contributed by atoms with Crippen LogP contribution in [-0.4, -0.2) is 42.1 Å².